The van der Waals surface area contributed by atoms with Crippen LogP contribution >= 0.6 is 0 Å². The number of rotatable bonds is 6. The van der Waals surface area contributed by atoms with Crippen LogP contribution in [0.5, 0.6) is 0 Å². The van der Waals surface area contributed by atoms with E-state index in [1.165, 1.54) is 11.1 Å². The summed E-state index contributed by atoms with van der Waals surface area (Å²) >= 11 is 0. The molecule has 0 aliphatic rings. The van der Waals surface area contributed by atoms with Crippen LogP contribution in [0.1, 0.15) is 27.8 Å². The van der Waals surface area contributed by atoms with Crippen molar-refractivity contribution in [3.05, 3.63) is 94.8 Å². The summed E-state index contributed by atoms with van der Waals surface area (Å²) in [5.74, 6) is -0.0983. The summed E-state index contributed by atoms with van der Waals surface area (Å²) in [7, 11) is 0. The van der Waals surface area contributed by atoms with Crippen molar-refractivity contribution >= 4 is 12.0 Å². The molecule has 2 aromatic carbocycles. The van der Waals surface area contributed by atoms with Crippen LogP contribution in [0.3, 0.4) is 0 Å². The highest BCUT2D eigenvalue weighted by Gasteiger charge is 2.04. The van der Waals surface area contributed by atoms with Gasteiger partial charge in [0.2, 0.25) is 5.91 Å². The van der Waals surface area contributed by atoms with Crippen LogP contribution in [0.25, 0.3) is 6.08 Å². The van der Waals surface area contributed by atoms with E-state index in [2.05, 4.69) is 42.5 Å². The third-order valence-corrected chi connectivity index (χ3v) is 4.30. The molecule has 0 aliphatic heterocycles. The quantitative estimate of drug-likeness (QED) is 0.689. The first-order valence-corrected chi connectivity index (χ1v) is 8.69. The number of carbonyl (C=O) groups is 1. The van der Waals surface area contributed by atoms with E-state index in [0.29, 0.717) is 13.1 Å². The minimum absolute atomic E-state index is 0.0983. The molecule has 3 aromatic rings. The van der Waals surface area contributed by atoms with Gasteiger partial charge in [0.05, 0.1) is 6.54 Å². The Bertz CT molecular complexity index is 911. The third kappa shape index (κ3) is 4.70. The maximum absolute atomic E-state index is 12.2. The smallest absolute Gasteiger partial charge is 0.244 e. The number of nitrogens with one attached hydrogen (secondary N) is 1. The third-order valence-electron chi connectivity index (χ3n) is 4.30. The SMILES string of the molecule is Cc1ccc(/C=C/C(=O)NCc2ccccc2Cn2cccn2)c(C)c1. The highest BCUT2D eigenvalue weighted by molar-refractivity contribution is 5.91. The second kappa shape index (κ2) is 8.30. The van der Waals surface area contributed by atoms with Crippen LogP contribution in [-0.4, -0.2) is 15.7 Å². The summed E-state index contributed by atoms with van der Waals surface area (Å²) in [6.07, 6.45) is 7.15. The number of hydrogen-bond donors (Lipinski definition) is 1. The first-order chi connectivity index (χ1) is 12.6. The van der Waals surface area contributed by atoms with E-state index in [1.54, 1.807) is 12.3 Å². The molecule has 0 saturated heterocycles. The molecule has 0 saturated carbocycles. The van der Waals surface area contributed by atoms with Crippen molar-refractivity contribution in [2.24, 2.45) is 0 Å². The predicted molar refractivity (Wildman–Crippen MR) is 105 cm³/mol. The Balaban J connectivity index is 1.62. The van der Waals surface area contributed by atoms with Gasteiger partial charge in [-0.3, -0.25) is 9.48 Å². The minimum atomic E-state index is -0.0983. The van der Waals surface area contributed by atoms with E-state index in [9.17, 15) is 4.79 Å². The zero-order chi connectivity index (χ0) is 18.4. The molecule has 4 nitrogen and oxygen atoms in total. The fourth-order valence-corrected chi connectivity index (χ4v) is 2.87. The van der Waals surface area contributed by atoms with Gasteiger partial charge in [-0.2, -0.15) is 5.10 Å². The van der Waals surface area contributed by atoms with Gasteiger partial charge in [-0.05, 0) is 48.2 Å². The molecule has 0 aliphatic carbocycles. The molecule has 0 bridgehead atoms. The molecule has 0 atom stereocenters. The molecule has 1 N–H and O–H groups in total. The largest absolute Gasteiger partial charge is 0.348 e. The number of hydrogen-bond acceptors (Lipinski definition) is 2. The highest BCUT2D eigenvalue weighted by Crippen LogP contribution is 2.12. The fraction of sp³-hybridized carbons (Fsp3) is 0.182. The lowest BCUT2D eigenvalue weighted by atomic mass is 10.1. The molecular formula is C22H23N3O. The fourth-order valence-electron chi connectivity index (χ4n) is 2.87. The van der Waals surface area contributed by atoms with Crippen molar-refractivity contribution in [2.75, 3.05) is 0 Å². The lowest BCUT2D eigenvalue weighted by Gasteiger charge is -2.10. The van der Waals surface area contributed by atoms with E-state index in [-0.39, 0.29) is 5.91 Å². The number of carbonyl (C=O) groups excluding carboxylic acids is 1. The molecule has 0 radical (unpaired) electrons. The summed E-state index contributed by atoms with van der Waals surface area (Å²) in [5, 5.41) is 7.21. The molecule has 0 unspecified atom stereocenters. The van der Waals surface area contributed by atoms with Gasteiger partial charge >= 0.3 is 0 Å². The van der Waals surface area contributed by atoms with E-state index in [4.69, 9.17) is 0 Å². The van der Waals surface area contributed by atoms with Gasteiger partial charge in [0.1, 0.15) is 0 Å². The normalized spacial score (nSPS) is 11.0. The molecule has 0 spiro atoms. The second-order valence-corrected chi connectivity index (χ2v) is 6.38. The van der Waals surface area contributed by atoms with Crippen molar-refractivity contribution in [1.29, 1.82) is 0 Å². The van der Waals surface area contributed by atoms with Crippen molar-refractivity contribution in [3.63, 3.8) is 0 Å². The summed E-state index contributed by atoms with van der Waals surface area (Å²) < 4.78 is 1.88. The number of nitrogens with zero attached hydrogens (tertiary/aromatic N) is 2. The summed E-state index contributed by atoms with van der Waals surface area (Å²) in [5.41, 5.74) is 5.69. The van der Waals surface area contributed by atoms with Gasteiger partial charge in [0.15, 0.2) is 0 Å². The van der Waals surface area contributed by atoms with E-state index in [1.807, 2.05) is 47.3 Å². The Labute approximate surface area is 154 Å². The van der Waals surface area contributed by atoms with E-state index in [0.717, 1.165) is 16.7 Å². The van der Waals surface area contributed by atoms with Gasteiger partial charge in [-0.25, -0.2) is 0 Å². The average molecular weight is 345 g/mol. The van der Waals surface area contributed by atoms with Gasteiger partial charge in [-0.15, -0.1) is 0 Å². The summed E-state index contributed by atoms with van der Waals surface area (Å²) in [6, 6.07) is 16.2. The zero-order valence-electron chi connectivity index (χ0n) is 15.1. The molecule has 1 heterocycles. The molecule has 1 amide bonds. The Morgan fingerprint density at radius 3 is 2.65 bits per heavy atom. The first kappa shape index (κ1) is 17.7. The van der Waals surface area contributed by atoms with Crippen LogP contribution < -0.4 is 5.32 Å². The first-order valence-electron chi connectivity index (χ1n) is 8.69. The van der Waals surface area contributed by atoms with Crippen LogP contribution in [0.4, 0.5) is 0 Å². The Kier molecular flexibility index (Phi) is 5.64. The molecular weight excluding hydrogens is 322 g/mol. The van der Waals surface area contributed by atoms with Crippen molar-refractivity contribution < 1.29 is 4.79 Å². The predicted octanol–water partition coefficient (Wildman–Crippen LogP) is 3.88. The minimum Gasteiger partial charge on any atom is -0.348 e. The molecule has 26 heavy (non-hydrogen) atoms. The Morgan fingerprint density at radius 2 is 1.92 bits per heavy atom. The van der Waals surface area contributed by atoms with Crippen LogP contribution in [-0.2, 0) is 17.9 Å². The number of aromatic nitrogens is 2. The molecule has 132 valence electrons. The Morgan fingerprint density at radius 1 is 1.12 bits per heavy atom. The summed E-state index contributed by atoms with van der Waals surface area (Å²) in [4.78, 5) is 12.2. The van der Waals surface area contributed by atoms with Crippen LogP contribution in [0.15, 0.2) is 67.0 Å². The monoisotopic (exact) mass is 345 g/mol. The Hall–Kier alpha value is -3.14. The lowest BCUT2D eigenvalue weighted by molar-refractivity contribution is -0.116. The van der Waals surface area contributed by atoms with Gasteiger partial charge in [0.25, 0.3) is 0 Å². The zero-order valence-corrected chi connectivity index (χ0v) is 15.1. The standard InChI is InChI=1S/C22H23N3O/c1-17-8-9-19(18(2)14-17)10-11-22(26)23-15-20-6-3-4-7-21(20)16-25-13-5-12-24-25/h3-14H,15-16H2,1-2H3,(H,23,26)/b11-10+. The second-order valence-electron chi connectivity index (χ2n) is 6.38. The van der Waals surface area contributed by atoms with Gasteiger partial charge < -0.3 is 5.32 Å². The molecule has 3 rings (SSSR count). The van der Waals surface area contributed by atoms with E-state index >= 15 is 0 Å². The number of aryl methyl sites for hydroxylation is 2. The van der Waals surface area contributed by atoms with Gasteiger partial charge in [0, 0.05) is 25.0 Å². The maximum atomic E-state index is 12.2. The molecule has 1 aromatic heterocycles. The van der Waals surface area contributed by atoms with Crippen molar-refractivity contribution in [2.45, 2.75) is 26.9 Å². The average Bonchev–Trinajstić information content (AvgIpc) is 3.13. The topological polar surface area (TPSA) is 46.9 Å². The summed E-state index contributed by atoms with van der Waals surface area (Å²) in [6.45, 7) is 5.30. The van der Waals surface area contributed by atoms with Crippen LogP contribution in [0, 0.1) is 13.8 Å². The molecule has 4 heteroatoms. The maximum Gasteiger partial charge on any atom is 0.244 e. The van der Waals surface area contributed by atoms with E-state index < -0.39 is 0 Å². The van der Waals surface area contributed by atoms with Gasteiger partial charge in [-0.1, -0.05) is 48.0 Å². The number of benzene rings is 2. The van der Waals surface area contributed by atoms with Crippen LogP contribution in [0.2, 0.25) is 0 Å². The molecule has 0 fully saturated rings. The number of amides is 1. The van der Waals surface area contributed by atoms with Crippen molar-refractivity contribution in [1.82, 2.24) is 15.1 Å². The lowest BCUT2D eigenvalue weighted by Crippen LogP contribution is -2.21. The highest BCUT2D eigenvalue weighted by atomic mass is 16.1. The van der Waals surface area contributed by atoms with Crippen molar-refractivity contribution in [3.8, 4) is 0 Å².